The van der Waals surface area contributed by atoms with Gasteiger partial charge in [0.1, 0.15) is 0 Å². The Labute approximate surface area is 152 Å². The van der Waals surface area contributed by atoms with Crippen LogP contribution in [0.25, 0.3) is 0 Å². The normalized spacial score (nSPS) is 10.3. The SMILES string of the molecule is CC(C)c1ccc(C(C)C)cc1.c1ccc(Nc2ccccc2)cc1. The highest BCUT2D eigenvalue weighted by Gasteiger charge is 2.00. The van der Waals surface area contributed by atoms with Gasteiger partial charge in [-0.15, -0.1) is 0 Å². The Morgan fingerprint density at radius 2 is 0.800 bits per heavy atom. The molecule has 0 fully saturated rings. The van der Waals surface area contributed by atoms with Gasteiger partial charge in [-0.25, -0.2) is 0 Å². The van der Waals surface area contributed by atoms with Crippen molar-refractivity contribution < 1.29 is 0 Å². The number of hydrogen-bond acceptors (Lipinski definition) is 1. The van der Waals surface area contributed by atoms with Crippen LogP contribution in [0, 0.1) is 0 Å². The summed E-state index contributed by atoms with van der Waals surface area (Å²) < 4.78 is 0. The molecule has 0 aromatic heterocycles. The number of para-hydroxylation sites is 2. The van der Waals surface area contributed by atoms with E-state index in [1.165, 1.54) is 11.1 Å². The highest BCUT2D eigenvalue weighted by atomic mass is 14.9. The van der Waals surface area contributed by atoms with Crippen molar-refractivity contribution in [2.24, 2.45) is 0 Å². The van der Waals surface area contributed by atoms with Crippen molar-refractivity contribution in [3.63, 3.8) is 0 Å². The molecular weight excluding hydrogens is 302 g/mol. The second kappa shape index (κ2) is 9.68. The van der Waals surface area contributed by atoms with Crippen molar-refractivity contribution in [2.75, 3.05) is 5.32 Å². The van der Waals surface area contributed by atoms with Crippen molar-refractivity contribution in [2.45, 2.75) is 39.5 Å². The van der Waals surface area contributed by atoms with Gasteiger partial charge in [-0.05, 0) is 47.2 Å². The third-order valence-electron chi connectivity index (χ3n) is 4.11. The summed E-state index contributed by atoms with van der Waals surface area (Å²) in [5.74, 6) is 1.29. The fourth-order valence-corrected chi connectivity index (χ4v) is 2.48. The van der Waals surface area contributed by atoms with Gasteiger partial charge in [0.05, 0.1) is 0 Å². The molecule has 0 amide bonds. The molecule has 0 aliphatic heterocycles. The van der Waals surface area contributed by atoms with Crippen LogP contribution in [0.5, 0.6) is 0 Å². The zero-order valence-electron chi connectivity index (χ0n) is 15.7. The minimum Gasteiger partial charge on any atom is -0.356 e. The molecule has 0 atom stereocenters. The fraction of sp³-hybridized carbons (Fsp3) is 0.250. The second-order valence-electron chi connectivity index (χ2n) is 6.83. The minimum absolute atomic E-state index is 0.645. The molecule has 1 N–H and O–H groups in total. The van der Waals surface area contributed by atoms with E-state index in [1.54, 1.807) is 0 Å². The Morgan fingerprint density at radius 3 is 1.08 bits per heavy atom. The first-order valence-electron chi connectivity index (χ1n) is 9.03. The fourth-order valence-electron chi connectivity index (χ4n) is 2.48. The Bertz CT molecular complexity index is 649. The van der Waals surface area contributed by atoms with Crippen molar-refractivity contribution in [3.8, 4) is 0 Å². The van der Waals surface area contributed by atoms with E-state index in [0.29, 0.717) is 11.8 Å². The lowest BCUT2D eigenvalue weighted by atomic mass is 9.97. The molecule has 3 aromatic carbocycles. The van der Waals surface area contributed by atoms with Crippen LogP contribution in [0.1, 0.15) is 50.7 Å². The summed E-state index contributed by atoms with van der Waals surface area (Å²) in [6.45, 7) is 8.91. The molecular formula is C24H29N. The average Bonchev–Trinajstić information content (AvgIpc) is 2.64. The number of anilines is 2. The smallest absolute Gasteiger partial charge is 0.0384 e. The van der Waals surface area contributed by atoms with E-state index < -0.39 is 0 Å². The molecule has 0 bridgehead atoms. The van der Waals surface area contributed by atoms with Crippen molar-refractivity contribution in [1.29, 1.82) is 0 Å². The van der Waals surface area contributed by atoms with E-state index in [4.69, 9.17) is 0 Å². The van der Waals surface area contributed by atoms with Crippen LogP contribution in [-0.4, -0.2) is 0 Å². The third-order valence-corrected chi connectivity index (χ3v) is 4.11. The molecule has 1 heteroatoms. The summed E-state index contributed by atoms with van der Waals surface area (Å²) in [5, 5.41) is 3.30. The third kappa shape index (κ3) is 6.46. The van der Waals surface area contributed by atoms with Gasteiger partial charge in [-0.1, -0.05) is 88.4 Å². The monoisotopic (exact) mass is 331 g/mol. The summed E-state index contributed by atoms with van der Waals surface area (Å²) in [6, 6.07) is 29.2. The van der Waals surface area contributed by atoms with Crippen LogP contribution < -0.4 is 5.32 Å². The van der Waals surface area contributed by atoms with Gasteiger partial charge >= 0.3 is 0 Å². The molecule has 25 heavy (non-hydrogen) atoms. The van der Waals surface area contributed by atoms with Crippen LogP contribution in [0.3, 0.4) is 0 Å². The molecule has 0 spiro atoms. The van der Waals surface area contributed by atoms with E-state index >= 15 is 0 Å². The zero-order valence-corrected chi connectivity index (χ0v) is 15.7. The number of rotatable bonds is 4. The molecule has 130 valence electrons. The summed E-state index contributed by atoms with van der Waals surface area (Å²) in [6.07, 6.45) is 0. The molecule has 0 aliphatic rings. The summed E-state index contributed by atoms with van der Waals surface area (Å²) >= 11 is 0. The number of hydrogen-bond donors (Lipinski definition) is 1. The molecule has 0 aliphatic carbocycles. The average molecular weight is 332 g/mol. The second-order valence-corrected chi connectivity index (χ2v) is 6.83. The van der Waals surface area contributed by atoms with E-state index in [9.17, 15) is 0 Å². The molecule has 0 heterocycles. The van der Waals surface area contributed by atoms with Crippen LogP contribution in [0.2, 0.25) is 0 Å². The first-order chi connectivity index (χ1) is 12.1. The van der Waals surface area contributed by atoms with Gasteiger partial charge in [-0.3, -0.25) is 0 Å². The van der Waals surface area contributed by atoms with E-state index in [2.05, 4.69) is 57.3 Å². The Hall–Kier alpha value is -2.54. The van der Waals surface area contributed by atoms with Crippen LogP contribution >= 0.6 is 0 Å². The lowest BCUT2D eigenvalue weighted by Crippen LogP contribution is -1.90. The maximum atomic E-state index is 3.30. The summed E-state index contributed by atoms with van der Waals surface area (Å²) in [5.41, 5.74) is 5.10. The molecule has 0 radical (unpaired) electrons. The van der Waals surface area contributed by atoms with E-state index in [-0.39, 0.29) is 0 Å². The first kappa shape index (κ1) is 18.8. The maximum Gasteiger partial charge on any atom is 0.0384 e. The quantitative estimate of drug-likeness (QED) is 0.526. The lowest BCUT2D eigenvalue weighted by Gasteiger charge is -2.08. The predicted octanol–water partition coefficient (Wildman–Crippen LogP) is 7.36. The van der Waals surface area contributed by atoms with Crippen molar-refractivity contribution in [1.82, 2.24) is 0 Å². The van der Waals surface area contributed by atoms with Crippen molar-refractivity contribution in [3.05, 3.63) is 96.1 Å². The largest absolute Gasteiger partial charge is 0.356 e. The molecule has 1 nitrogen and oxygen atoms in total. The van der Waals surface area contributed by atoms with Gasteiger partial charge in [0.2, 0.25) is 0 Å². The minimum atomic E-state index is 0.645. The van der Waals surface area contributed by atoms with E-state index in [1.807, 2.05) is 60.7 Å². The first-order valence-corrected chi connectivity index (χ1v) is 9.03. The molecule has 3 rings (SSSR count). The summed E-state index contributed by atoms with van der Waals surface area (Å²) in [4.78, 5) is 0. The van der Waals surface area contributed by atoms with Gasteiger partial charge in [-0.2, -0.15) is 0 Å². The maximum absolute atomic E-state index is 3.30. The van der Waals surface area contributed by atoms with Gasteiger partial charge < -0.3 is 5.32 Å². The molecule has 0 unspecified atom stereocenters. The topological polar surface area (TPSA) is 12.0 Å². The number of nitrogens with one attached hydrogen (secondary N) is 1. The van der Waals surface area contributed by atoms with Crippen molar-refractivity contribution >= 4 is 11.4 Å². The molecule has 0 saturated heterocycles. The van der Waals surface area contributed by atoms with Gasteiger partial charge in [0.25, 0.3) is 0 Å². The Kier molecular flexibility index (Phi) is 7.28. The van der Waals surface area contributed by atoms with Crippen LogP contribution in [-0.2, 0) is 0 Å². The van der Waals surface area contributed by atoms with Gasteiger partial charge in [0, 0.05) is 11.4 Å². The highest BCUT2D eigenvalue weighted by Crippen LogP contribution is 2.19. The predicted molar refractivity (Wildman–Crippen MR) is 111 cm³/mol. The van der Waals surface area contributed by atoms with Gasteiger partial charge in [0.15, 0.2) is 0 Å². The highest BCUT2D eigenvalue weighted by molar-refractivity contribution is 5.58. The Morgan fingerprint density at radius 1 is 0.480 bits per heavy atom. The molecule has 3 aromatic rings. The lowest BCUT2D eigenvalue weighted by molar-refractivity contribution is 0.845. The standard InChI is InChI=1S/C12H11N.C12H18/c1-3-7-11(8-4-1)13-12-9-5-2-6-10-12;1-9(2)11-5-7-12(8-6-11)10(3)4/h1-10,13H;5-10H,1-4H3. The van der Waals surface area contributed by atoms with Crippen LogP contribution in [0.4, 0.5) is 11.4 Å². The zero-order chi connectivity index (χ0) is 18.1. The number of benzene rings is 3. The Balaban J connectivity index is 0.000000181. The summed E-state index contributed by atoms with van der Waals surface area (Å²) in [7, 11) is 0. The molecule has 0 saturated carbocycles. The van der Waals surface area contributed by atoms with Crippen LogP contribution in [0.15, 0.2) is 84.9 Å². The van der Waals surface area contributed by atoms with E-state index in [0.717, 1.165) is 11.4 Å².